The molecule has 0 unspecified atom stereocenters. The molecule has 6 nitrogen and oxygen atoms in total. The highest BCUT2D eigenvalue weighted by atomic mass is 16.3. The van der Waals surface area contributed by atoms with E-state index >= 15 is 0 Å². The van der Waals surface area contributed by atoms with E-state index in [1.807, 2.05) is 6.92 Å². The number of anilines is 1. The Bertz CT molecular complexity index is 426. The molecule has 0 atom stereocenters. The SMILES string of the molecule is CCN(CCCO)C(=O)c1n[nH]c(C2CC2)c1N. The summed E-state index contributed by atoms with van der Waals surface area (Å²) in [5.74, 6) is 0.290. The van der Waals surface area contributed by atoms with Crippen molar-refractivity contribution in [3.63, 3.8) is 0 Å². The average Bonchev–Trinajstić information content (AvgIpc) is 3.13. The lowest BCUT2D eigenvalue weighted by Crippen LogP contribution is -2.33. The number of amides is 1. The molecule has 1 aliphatic carbocycles. The molecule has 0 aromatic carbocycles. The molecule has 0 radical (unpaired) electrons. The zero-order valence-corrected chi connectivity index (χ0v) is 10.6. The minimum Gasteiger partial charge on any atom is -0.396 e. The van der Waals surface area contributed by atoms with Crippen molar-refractivity contribution in [1.82, 2.24) is 15.1 Å². The van der Waals surface area contributed by atoms with E-state index in [0.717, 1.165) is 18.5 Å². The van der Waals surface area contributed by atoms with Gasteiger partial charge in [0.05, 0.1) is 11.4 Å². The Hall–Kier alpha value is -1.56. The Morgan fingerprint density at radius 1 is 1.61 bits per heavy atom. The van der Waals surface area contributed by atoms with Crippen LogP contribution in [0.3, 0.4) is 0 Å². The molecule has 2 rings (SSSR count). The highest BCUT2D eigenvalue weighted by Crippen LogP contribution is 2.42. The summed E-state index contributed by atoms with van der Waals surface area (Å²) in [6.07, 6.45) is 2.80. The molecule has 6 heteroatoms. The van der Waals surface area contributed by atoms with Crippen LogP contribution in [0.15, 0.2) is 0 Å². The third kappa shape index (κ3) is 2.48. The van der Waals surface area contributed by atoms with Crippen molar-refractivity contribution in [1.29, 1.82) is 0 Å². The van der Waals surface area contributed by atoms with Crippen molar-refractivity contribution in [2.24, 2.45) is 0 Å². The molecule has 1 aromatic rings. The van der Waals surface area contributed by atoms with Crippen LogP contribution in [0.4, 0.5) is 5.69 Å². The van der Waals surface area contributed by atoms with Crippen LogP contribution in [-0.2, 0) is 0 Å². The maximum Gasteiger partial charge on any atom is 0.276 e. The van der Waals surface area contributed by atoms with E-state index in [-0.39, 0.29) is 12.5 Å². The summed E-state index contributed by atoms with van der Waals surface area (Å²) in [6.45, 7) is 3.09. The van der Waals surface area contributed by atoms with E-state index in [4.69, 9.17) is 10.8 Å². The van der Waals surface area contributed by atoms with Gasteiger partial charge in [0.1, 0.15) is 0 Å². The zero-order chi connectivity index (χ0) is 13.1. The van der Waals surface area contributed by atoms with Gasteiger partial charge in [0.25, 0.3) is 5.91 Å². The Balaban J connectivity index is 2.11. The number of aromatic amines is 1. The molecule has 100 valence electrons. The Kier molecular flexibility index (Phi) is 3.86. The molecule has 1 saturated carbocycles. The van der Waals surface area contributed by atoms with E-state index in [1.165, 1.54) is 0 Å². The number of H-pyrrole nitrogens is 1. The summed E-state index contributed by atoms with van der Waals surface area (Å²) < 4.78 is 0. The van der Waals surface area contributed by atoms with Gasteiger partial charge in [0.15, 0.2) is 5.69 Å². The van der Waals surface area contributed by atoms with Gasteiger partial charge in [-0.15, -0.1) is 0 Å². The first-order chi connectivity index (χ1) is 8.69. The van der Waals surface area contributed by atoms with Crippen LogP contribution in [0.5, 0.6) is 0 Å². The van der Waals surface area contributed by atoms with Gasteiger partial charge in [0, 0.05) is 25.6 Å². The number of nitrogens with two attached hydrogens (primary N) is 1. The van der Waals surface area contributed by atoms with Crippen LogP contribution in [0.1, 0.15) is 48.3 Å². The highest BCUT2D eigenvalue weighted by molar-refractivity contribution is 5.97. The maximum atomic E-state index is 12.2. The van der Waals surface area contributed by atoms with Crippen LogP contribution in [0.25, 0.3) is 0 Å². The van der Waals surface area contributed by atoms with Crippen LogP contribution in [0.2, 0.25) is 0 Å². The van der Waals surface area contributed by atoms with Crippen LogP contribution >= 0.6 is 0 Å². The van der Waals surface area contributed by atoms with E-state index in [1.54, 1.807) is 4.90 Å². The molecule has 1 aliphatic rings. The van der Waals surface area contributed by atoms with E-state index in [0.29, 0.717) is 36.8 Å². The third-order valence-electron chi connectivity index (χ3n) is 3.28. The number of nitrogen functional groups attached to an aromatic ring is 1. The molecule has 0 saturated heterocycles. The van der Waals surface area contributed by atoms with Crippen molar-refractivity contribution in [2.45, 2.75) is 32.1 Å². The fourth-order valence-corrected chi connectivity index (χ4v) is 2.02. The van der Waals surface area contributed by atoms with Gasteiger partial charge in [-0.1, -0.05) is 0 Å². The van der Waals surface area contributed by atoms with Gasteiger partial charge in [-0.25, -0.2) is 0 Å². The summed E-state index contributed by atoms with van der Waals surface area (Å²) >= 11 is 0. The van der Waals surface area contributed by atoms with Gasteiger partial charge in [0.2, 0.25) is 0 Å². The summed E-state index contributed by atoms with van der Waals surface area (Å²) in [5.41, 5.74) is 7.68. The number of rotatable bonds is 6. The smallest absolute Gasteiger partial charge is 0.276 e. The number of nitrogens with one attached hydrogen (secondary N) is 1. The average molecular weight is 252 g/mol. The number of aliphatic hydroxyl groups excluding tert-OH is 1. The molecule has 1 aromatic heterocycles. The Morgan fingerprint density at radius 2 is 2.33 bits per heavy atom. The van der Waals surface area contributed by atoms with Gasteiger partial charge >= 0.3 is 0 Å². The fourth-order valence-electron chi connectivity index (χ4n) is 2.02. The van der Waals surface area contributed by atoms with Crippen molar-refractivity contribution < 1.29 is 9.90 Å². The van der Waals surface area contributed by atoms with Gasteiger partial charge in [-0.2, -0.15) is 5.10 Å². The van der Waals surface area contributed by atoms with E-state index in [9.17, 15) is 4.79 Å². The molecular formula is C12H20N4O2. The second-order valence-electron chi connectivity index (χ2n) is 4.64. The summed E-state index contributed by atoms with van der Waals surface area (Å²) in [5, 5.41) is 15.7. The summed E-state index contributed by atoms with van der Waals surface area (Å²) in [7, 11) is 0. The molecule has 18 heavy (non-hydrogen) atoms. The van der Waals surface area contributed by atoms with Gasteiger partial charge < -0.3 is 15.7 Å². The predicted octanol–water partition coefficient (Wildman–Crippen LogP) is 0.714. The molecule has 1 heterocycles. The number of carbonyl (C=O) groups is 1. The second-order valence-corrected chi connectivity index (χ2v) is 4.64. The number of hydrogen-bond acceptors (Lipinski definition) is 4. The van der Waals surface area contributed by atoms with Crippen molar-refractivity contribution in [2.75, 3.05) is 25.4 Å². The second kappa shape index (κ2) is 5.39. The minimum absolute atomic E-state index is 0.0765. The molecule has 1 amide bonds. The standard InChI is InChI=1S/C12H20N4O2/c1-2-16(6-3-7-17)12(18)11-9(13)10(14-15-11)8-4-5-8/h8,17H,2-7,13H2,1H3,(H,14,15). The van der Waals surface area contributed by atoms with Crippen LogP contribution < -0.4 is 5.73 Å². The first-order valence-corrected chi connectivity index (χ1v) is 6.42. The lowest BCUT2D eigenvalue weighted by atomic mass is 10.2. The van der Waals surface area contributed by atoms with Gasteiger partial charge in [-0.05, 0) is 26.2 Å². The molecule has 0 aliphatic heterocycles. The molecular weight excluding hydrogens is 232 g/mol. The maximum absolute atomic E-state index is 12.2. The highest BCUT2D eigenvalue weighted by Gasteiger charge is 2.31. The number of nitrogens with zero attached hydrogens (tertiary/aromatic N) is 2. The first-order valence-electron chi connectivity index (χ1n) is 6.42. The molecule has 1 fully saturated rings. The molecule has 4 N–H and O–H groups in total. The first kappa shape index (κ1) is 12.9. The number of aliphatic hydroxyl groups is 1. The topological polar surface area (TPSA) is 95.2 Å². The fraction of sp³-hybridized carbons (Fsp3) is 0.667. The molecule has 0 bridgehead atoms. The number of carbonyl (C=O) groups excluding carboxylic acids is 1. The van der Waals surface area contributed by atoms with Crippen molar-refractivity contribution in [3.05, 3.63) is 11.4 Å². The largest absolute Gasteiger partial charge is 0.396 e. The molecule has 0 spiro atoms. The number of aromatic nitrogens is 2. The lowest BCUT2D eigenvalue weighted by Gasteiger charge is -2.19. The minimum atomic E-state index is -0.161. The predicted molar refractivity (Wildman–Crippen MR) is 68.3 cm³/mol. The quantitative estimate of drug-likeness (QED) is 0.695. The Labute approximate surface area is 106 Å². The summed E-state index contributed by atoms with van der Waals surface area (Å²) in [4.78, 5) is 13.9. The monoisotopic (exact) mass is 252 g/mol. The lowest BCUT2D eigenvalue weighted by molar-refractivity contribution is 0.0749. The Morgan fingerprint density at radius 3 is 2.89 bits per heavy atom. The zero-order valence-electron chi connectivity index (χ0n) is 10.6. The van der Waals surface area contributed by atoms with Crippen molar-refractivity contribution >= 4 is 11.6 Å². The third-order valence-corrected chi connectivity index (χ3v) is 3.28. The van der Waals surface area contributed by atoms with Gasteiger partial charge in [-0.3, -0.25) is 9.89 Å². The van der Waals surface area contributed by atoms with Crippen molar-refractivity contribution in [3.8, 4) is 0 Å². The summed E-state index contributed by atoms with van der Waals surface area (Å²) in [6, 6.07) is 0. The normalized spacial score (nSPS) is 14.8. The van der Waals surface area contributed by atoms with E-state index < -0.39 is 0 Å². The van der Waals surface area contributed by atoms with Crippen LogP contribution in [0, 0.1) is 0 Å². The van der Waals surface area contributed by atoms with Crippen LogP contribution in [-0.4, -0.2) is 45.8 Å². The van der Waals surface area contributed by atoms with E-state index in [2.05, 4.69) is 10.2 Å². The number of hydrogen-bond donors (Lipinski definition) is 3.